The highest BCUT2D eigenvalue weighted by Crippen LogP contribution is 2.51. The predicted molar refractivity (Wildman–Crippen MR) is 274 cm³/mol. The van der Waals surface area contributed by atoms with Gasteiger partial charge in [-0.25, -0.2) is 0 Å². The molecule has 0 saturated carbocycles. The van der Waals surface area contributed by atoms with Gasteiger partial charge in [0.25, 0.3) is 0 Å². The van der Waals surface area contributed by atoms with Gasteiger partial charge < -0.3 is 0 Å². The highest BCUT2D eigenvalue weighted by molar-refractivity contribution is 6.59. The van der Waals surface area contributed by atoms with Crippen LogP contribution in [0.2, 0.25) is 0 Å². The van der Waals surface area contributed by atoms with Crippen molar-refractivity contribution in [3.8, 4) is 0 Å². The normalized spacial score (nSPS) is 17.5. The number of allylic oxidation sites excluding steroid dienone is 12. The molecule has 17 rings (SSSR count). The first-order valence-corrected chi connectivity index (χ1v) is 23.4. The Hall–Kier alpha value is -8.34. The molecule has 12 bridgehead atoms. The van der Waals surface area contributed by atoms with Gasteiger partial charge in [0.1, 0.15) is 11.6 Å². The summed E-state index contributed by atoms with van der Waals surface area (Å²) in [6.45, 7) is 0. The summed E-state index contributed by atoms with van der Waals surface area (Å²) in [5.41, 5.74) is 15.8. The second kappa shape index (κ2) is 18.1. The first-order valence-electron chi connectivity index (χ1n) is 23.4. The van der Waals surface area contributed by atoms with Crippen LogP contribution in [0.1, 0.15) is 68.5 Å². The van der Waals surface area contributed by atoms with Crippen molar-refractivity contribution in [2.24, 2.45) is 5.92 Å². The van der Waals surface area contributed by atoms with Gasteiger partial charge in [0.05, 0.1) is 0 Å². The third-order valence-electron chi connectivity index (χ3n) is 13.6. The maximum atomic E-state index is 15.1. The molecule has 0 spiro atoms. The minimum absolute atomic E-state index is 0.0115. The van der Waals surface area contributed by atoms with E-state index in [0.29, 0.717) is 23.1 Å². The van der Waals surface area contributed by atoms with Gasteiger partial charge in [-0.05, 0) is 73.2 Å². The first kappa shape index (κ1) is 42.3. The zero-order chi connectivity index (χ0) is 46.1. The van der Waals surface area contributed by atoms with Crippen molar-refractivity contribution in [2.45, 2.75) is 32.1 Å². The fourth-order valence-corrected chi connectivity index (χ4v) is 10.4. The summed E-state index contributed by atoms with van der Waals surface area (Å²) < 4.78 is 0. The molecule has 0 aliphatic heterocycles. The number of carbonyl (C=O) groups excluding carboxylic acids is 4. The van der Waals surface area contributed by atoms with E-state index in [2.05, 4.69) is 36.4 Å². The summed E-state index contributed by atoms with van der Waals surface area (Å²) in [6, 6.07) is 64.0. The summed E-state index contributed by atoms with van der Waals surface area (Å²) >= 11 is 0. The molecule has 10 aliphatic carbocycles. The molecule has 68 heavy (non-hydrogen) atoms. The largest absolute Gasteiger partial charge is 0.299 e. The lowest BCUT2D eigenvalue weighted by atomic mass is 9.83. The number of rotatable bonds is 4. The van der Waals surface area contributed by atoms with E-state index in [9.17, 15) is 9.59 Å². The molecule has 0 N–H and O–H groups in total. The lowest BCUT2D eigenvalue weighted by Gasteiger charge is -2.20. The Morgan fingerprint density at radius 3 is 1.00 bits per heavy atom. The fraction of sp³-hybridized carbons (Fsp3) is 0.0938. The molecule has 0 amide bonds. The van der Waals surface area contributed by atoms with Crippen LogP contribution >= 0.6 is 0 Å². The quantitative estimate of drug-likeness (QED) is 0.177. The molecular weight excluding hydrogens is 833 g/mol. The molecule has 10 aliphatic rings. The highest BCUT2D eigenvalue weighted by Gasteiger charge is 2.38. The average Bonchev–Trinajstić information content (AvgIpc) is 3.86. The van der Waals surface area contributed by atoms with Crippen molar-refractivity contribution in [3.05, 3.63) is 279 Å². The number of benzene rings is 7. The number of Topliss-reactive ketones (excluding diaryl/α,β-unsaturated/α-hetero) is 4. The van der Waals surface area contributed by atoms with Crippen molar-refractivity contribution in [3.63, 3.8) is 0 Å². The average molecular weight is 879 g/mol. The van der Waals surface area contributed by atoms with Gasteiger partial charge in [0.15, 0.2) is 11.6 Å². The number of hydrogen-bond donors (Lipinski definition) is 0. The van der Waals surface area contributed by atoms with E-state index in [1.54, 1.807) is 0 Å². The van der Waals surface area contributed by atoms with Crippen molar-refractivity contribution in [2.75, 3.05) is 0 Å². The molecule has 0 saturated heterocycles. The van der Waals surface area contributed by atoms with Gasteiger partial charge in [-0.3, -0.25) is 19.2 Å². The summed E-state index contributed by atoms with van der Waals surface area (Å²) in [5, 5.41) is 0. The van der Waals surface area contributed by atoms with E-state index in [0.717, 1.165) is 89.1 Å². The van der Waals surface area contributed by atoms with E-state index in [4.69, 9.17) is 0 Å². The van der Waals surface area contributed by atoms with E-state index < -0.39 is 0 Å². The minimum atomic E-state index is -0.205. The summed E-state index contributed by atoms with van der Waals surface area (Å²) in [6.07, 6.45) is 7.79. The van der Waals surface area contributed by atoms with Crippen molar-refractivity contribution < 1.29 is 19.2 Å². The molecule has 0 heterocycles. The molecule has 0 radical (unpaired) electrons. The number of carbonyl (C=O) groups is 4. The molecule has 0 aromatic heterocycles. The van der Waals surface area contributed by atoms with E-state index in [1.807, 2.05) is 176 Å². The SMILES string of the molecule is O=C1CC2=CCC(C=C2)C2=C(c3ccccc3)C(c3ccccc3)=C(C2=O)c2ccc(cc2)CC(=O)Cc2ccc(cc2)C2=C(c3ccccc3)C(c3ccccc3)=C(C2=O)c2ccc(cc2)C1. The number of hydrogen-bond acceptors (Lipinski definition) is 4. The second-order valence-electron chi connectivity index (χ2n) is 18.0. The second-order valence-corrected chi connectivity index (χ2v) is 18.0. The predicted octanol–water partition coefficient (Wildman–Crippen LogP) is 13.1. The van der Waals surface area contributed by atoms with Gasteiger partial charge in [0.2, 0.25) is 0 Å². The molecular formula is C64H46O4. The molecule has 7 aromatic carbocycles. The van der Waals surface area contributed by atoms with Crippen molar-refractivity contribution in [1.29, 1.82) is 0 Å². The smallest absolute Gasteiger partial charge is 0.195 e. The fourth-order valence-electron chi connectivity index (χ4n) is 10.4. The topological polar surface area (TPSA) is 68.3 Å². The third kappa shape index (κ3) is 8.05. The lowest BCUT2D eigenvalue weighted by Crippen LogP contribution is -2.13. The van der Waals surface area contributed by atoms with E-state index in [-0.39, 0.29) is 54.7 Å². The molecule has 4 nitrogen and oxygen atoms in total. The maximum Gasteiger partial charge on any atom is 0.195 e. The van der Waals surface area contributed by atoms with Crippen LogP contribution in [0.25, 0.3) is 39.0 Å². The molecule has 326 valence electrons. The van der Waals surface area contributed by atoms with Crippen LogP contribution in [0, 0.1) is 5.92 Å². The molecule has 4 heteroatoms. The Kier molecular flexibility index (Phi) is 11.3. The van der Waals surface area contributed by atoms with Crippen LogP contribution in [0.3, 0.4) is 0 Å². The van der Waals surface area contributed by atoms with Gasteiger partial charge >= 0.3 is 0 Å². The molecule has 0 fully saturated rings. The van der Waals surface area contributed by atoms with Crippen molar-refractivity contribution >= 4 is 62.1 Å². The summed E-state index contributed by atoms with van der Waals surface area (Å²) in [7, 11) is 0. The van der Waals surface area contributed by atoms with Gasteiger partial charge in [-0.2, -0.15) is 0 Å². The van der Waals surface area contributed by atoms with Gasteiger partial charge in [-0.1, -0.05) is 212 Å². The maximum absolute atomic E-state index is 15.1. The first-order chi connectivity index (χ1) is 33.4. The Morgan fingerprint density at radius 1 is 0.309 bits per heavy atom. The van der Waals surface area contributed by atoms with Crippen LogP contribution in [0.15, 0.2) is 223 Å². The number of ketones is 4. The van der Waals surface area contributed by atoms with Crippen LogP contribution in [-0.4, -0.2) is 23.1 Å². The Bertz CT molecular complexity index is 3340. The molecule has 1 unspecified atom stereocenters. The van der Waals surface area contributed by atoms with E-state index in [1.165, 1.54) is 0 Å². The Labute approximate surface area is 396 Å². The molecule has 7 aromatic rings. The zero-order valence-electron chi connectivity index (χ0n) is 37.5. The zero-order valence-corrected chi connectivity index (χ0v) is 37.5. The minimum Gasteiger partial charge on any atom is -0.299 e. The lowest BCUT2D eigenvalue weighted by molar-refractivity contribution is -0.118. The Balaban J connectivity index is 1.01. The van der Waals surface area contributed by atoms with Crippen molar-refractivity contribution in [1.82, 2.24) is 0 Å². The van der Waals surface area contributed by atoms with Gasteiger partial charge in [0, 0.05) is 70.6 Å². The summed E-state index contributed by atoms with van der Waals surface area (Å²) in [4.78, 5) is 57.8. The third-order valence-corrected chi connectivity index (χ3v) is 13.6. The van der Waals surface area contributed by atoms with Crippen LogP contribution < -0.4 is 0 Å². The van der Waals surface area contributed by atoms with Crippen LogP contribution in [0.4, 0.5) is 0 Å². The summed E-state index contributed by atoms with van der Waals surface area (Å²) in [5.74, 6) is -0.142. The standard InChI is InChI=1S/C64H46O4/c65-53-37-41-21-29-49(30-22-41)59-55(45-13-5-1-6-14-45)56(46-15-7-2-8-16-46)60(63(59)67)50-31-23-42(24-32-50)38-54(66)40-44-27-35-52(36-28-44)62-58(48-19-11-4-12-20-48)57(47-17-9-3-10-18-47)61(64(62)68)51-33-25-43(39-53)26-34-51/h1-35,52H,36-40H2. The van der Waals surface area contributed by atoms with Crippen LogP contribution in [0.5, 0.6) is 0 Å². The Morgan fingerprint density at radius 2 is 0.632 bits per heavy atom. The van der Waals surface area contributed by atoms with E-state index >= 15 is 9.59 Å². The van der Waals surface area contributed by atoms with Gasteiger partial charge in [-0.15, -0.1) is 0 Å². The van der Waals surface area contributed by atoms with Crippen LogP contribution in [-0.2, 0) is 38.4 Å². The highest BCUT2D eigenvalue weighted by atomic mass is 16.1. The molecule has 1 atom stereocenters. The monoisotopic (exact) mass is 878 g/mol.